The van der Waals surface area contributed by atoms with E-state index in [0.717, 1.165) is 56.6 Å². The molecule has 5 rings (SSSR count). The minimum atomic E-state index is -0.613. The Morgan fingerprint density at radius 3 is 2.71 bits per heavy atom. The molecule has 35 heavy (non-hydrogen) atoms. The van der Waals surface area contributed by atoms with Gasteiger partial charge < -0.3 is 24.6 Å². The maximum Gasteiger partial charge on any atom is 0.321 e. The number of anilines is 2. The Kier molecular flexibility index (Phi) is 6.49. The summed E-state index contributed by atoms with van der Waals surface area (Å²) in [5.41, 5.74) is 1.06. The highest BCUT2D eigenvalue weighted by molar-refractivity contribution is 5.77. The molecular formula is C23H33FN8O3. The summed E-state index contributed by atoms with van der Waals surface area (Å²) in [6.07, 6.45) is 3.18. The van der Waals surface area contributed by atoms with E-state index in [1.54, 1.807) is 6.92 Å². The van der Waals surface area contributed by atoms with Crippen molar-refractivity contribution < 1.29 is 18.7 Å². The zero-order chi connectivity index (χ0) is 24.6. The molecule has 0 spiro atoms. The summed E-state index contributed by atoms with van der Waals surface area (Å²) < 4.78 is 25.1. The molecule has 0 unspecified atom stereocenters. The van der Waals surface area contributed by atoms with Crippen molar-refractivity contribution in [2.45, 2.75) is 51.7 Å². The van der Waals surface area contributed by atoms with E-state index >= 15 is 0 Å². The molecule has 2 fully saturated rings. The number of nitrogens with one attached hydrogen (secondary N) is 2. The van der Waals surface area contributed by atoms with Crippen LogP contribution in [0.15, 0.2) is 6.20 Å². The number of piperazine rings is 1. The molecule has 0 aromatic carbocycles. The van der Waals surface area contributed by atoms with Gasteiger partial charge in [0.1, 0.15) is 0 Å². The van der Waals surface area contributed by atoms with Crippen molar-refractivity contribution in [1.82, 2.24) is 34.9 Å². The zero-order valence-corrected chi connectivity index (χ0v) is 20.5. The Hall–Kier alpha value is -2.99. The molecule has 0 bridgehead atoms. The van der Waals surface area contributed by atoms with Gasteiger partial charge in [0, 0.05) is 51.0 Å². The summed E-state index contributed by atoms with van der Waals surface area (Å²) in [5.74, 6) is -0.199. The predicted octanol–water partition coefficient (Wildman–Crippen LogP) is 2.45. The van der Waals surface area contributed by atoms with Crippen LogP contribution in [-0.2, 0) is 16.8 Å². The average molecular weight is 489 g/mol. The fourth-order valence-corrected chi connectivity index (χ4v) is 5.17. The van der Waals surface area contributed by atoms with Crippen LogP contribution in [0.3, 0.4) is 0 Å². The van der Waals surface area contributed by atoms with Crippen LogP contribution >= 0.6 is 0 Å². The number of hydrogen-bond donors (Lipinski definition) is 2. The minimum Gasteiger partial charge on any atom is -0.464 e. The molecule has 190 valence electrons. The molecule has 2 amide bonds. The lowest BCUT2D eigenvalue weighted by atomic mass is 10.0. The summed E-state index contributed by atoms with van der Waals surface area (Å²) in [6.45, 7) is 11.3. The highest BCUT2D eigenvalue weighted by Crippen LogP contribution is 2.41. The number of hydrogen-bond acceptors (Lipinski definition) is 8. The molecule has 0 saturated carbocycles. The second kappa shape index (κ2) is 9.57. The Morgan fingerprint density at radius 2 is 2.00 bits per heavy atom. The minimum absolute atomic E-state index is 0.00373. The lowest BCUT2D eigenvalue weighted by Gasteiger charge is -2.43. The fraction of sp³-hybridized carbons (Fsp3) is 0.652. The van der Waals surface area contributed by atoms with Gasteiger partial charge in [0.15, 0.2) is 17.5 Å². The van der Waals surface area contributed by atoms with Crippen molar-refractivity contribution >= 4 is 17.7 Å². The maximum absolute atomic E-state index is 14.4. The Morgan fingerprint density at radius 1 is 1.26 bits per heavy atom. The first kappa shape index (κ1) is 23.7. The van der Waals surface area contributed by atoms with Crippen molar-refractivity contribution in [3.8, 4) is 6.01 Å². The van der Waals surface area contributed by atoms with E-state index in [9.17, 15) is 9.18 Å². The molecule has 12 heteroatoms. The molecule has 5 heterocycles. The summed E-state index contributed by atoms with van der Waals surface area (Å²) in [5, 5.41) is 10.3. The zero-order valence-electron chi connectivity index (χ0n) is 20.5. The van der Waals surface area contributed by atoms with Crippen LogP contribution < -0.4 is 10.1 Å². The van der Waals surface area contributed by atoms with Crippen molar-refractivity contribution in [1.29, 1.82) is 0 Å². The largest absolute Gasteiger partial charge is 0.464 e. The second-order valence-electron chi connectivity index (χ2n) is 9.63. The lowest BCUT2D eigenvalue weighted by Crippen LogP contribution is -2.57. The molecule has 11 nitrogen and oxygen atoms in total. The van der Waals surface area contributed by atoms with E-state index in [1.807, 2.05) is 23.6 Å². The number of rotatable bonds is 5. The molecule has 0 aliphatic carbocycles. The summed E-state index contributed by atoms with van der Waals surface area (Å²) in [6, 6.07) is 0.638. The van der Waals surface area contributed by atoms with Crippen molar-refractivity contribution in [2.75, 3.05) is 51.3 Å². The standard InChI is InChI=1S/C23H33FN8O3/c1-4-35-21-25-13-17(24)20(27-21)26-19-16-14-32(23(2,3)18(16)28-29-19)22(33)31-9-7-30(8-10-31)15-5-11-34-12-6-15/h13,15H,4-12,14H2,1-3H3,(H2,25,26,27,28,29). The monoisotopic (exact) mass is 488 g/mol. The molecule has 2 N–H and O–H groups in total. The fourth-order valence-electron chi connectivity index (χ4n) is 5.17. The number of aromatic nitrogens is 4. The normalized spacial score (nSPS) is 20.7. The third kappa shape index (κ3) is 4.52. The molecule has 3 aliphatic rings. The molecule has 0 atom stereocenters. The van der Waals surface area contributed by atoms with E-state index in [4.69, 9.17) is 9.47 Å². The topological polar surface area (TPSA) is 112 Å². The van der Waals surface area contributed by atoms with Crippen molar-refractivity contribution in [3.05, 3.63) is 23.3 Å². The van der Waals surface area contributed by atoms with Gasteiger partial charge in [-0.15, -0.1) is 0 Å². The van der Waals surface area contributed by atoms with Crippen LogP contribution in [-0.4, -0.2) is 92.9 Å². The number of urea groups is 1. The first-order valence-corrected chi connectivity index (χ1v) is 12.3. The van der Waals surface area contributed by atoms with Gasteiger partial charge in [-0.25, -0.2) is 14.2 Å². The SMILES string of the molecule is CCOc1ncc(F)c(Nc2n[nH]c3c2CN(C(=O)N2CCN(C4CCOCC4)CC2)C3(C)C)n1. The average Bonchev–Trinajstić information content (AvgIpc) is 3.39. The maximum atomic E-state index is 14.4. The number of aromatic amines is 1. The third-order valence-electron chi connectivity index (χ3n) is 7.23. The molecule has 2 aromatic rings. The Balaban J connectivity index is 1.27. The summed E-state index contributed by atoms with van der Waals surface area (Å²) >= 11 is 0. The lowest BCUT2D eigenvalue weighted by molar-refractivity contribution is 0.0137. The molecular weight excluding hydrogens is 455 g/mol. The van der Waals surface area contributed by atoms with Crippen LogP contribution in [0, 0.1) is 5.82 Å². The summed E-state index contributed by atoms with van der Waals surface area (Å²) in [4.78, 5) is 27.8. The van der Waals surface area contributed by atoms with Crippen LogP contribution in [0.1, 0.15) is 44.9 Å². The number of halogens is 1. The highest BCUT2D eigenvalue weighted by atomic mass is 19.1. The van der Waals surface area contributed by atoms with Crippen LogP contribution in [0.5, 0.6) is 6.01 Å². The number of fused-ring (bicyclic) bond motifs is 1. The number of carbonyl (C=O) groups excluding carboxylic acids is 1. The number of carbonyl (C=O) groups is 1. The third-order valence-corrected chi connectivity index (χ3v) is 7.23. The van der Waals surface area contributed by atoms with Gasteiger partial charge in [-0.3, -0.25) is 10.00 Å². The smallest absolute Gasteiger partial charge is 0.321 e. The second-order valence-corrected chi connectivity index (χ2v) is 9.63. The van der Waals surface area contributed by atoms with Gasteiger partial charge in [-0.1, -0.05) is 0 Å². The van der Waals surface area contributed by atoms with Gasteiger partial charge in [-0.2, -0.15) is 10.1 Å². The Labute approximate surface area is 204 Å². The predicted molar refractivity (Wildman–Crippen MR) is 126 cm³/mol. The number of ether oxygens (including phenoxy) is 2. The van der Waals surface area contributed by atoms with Gasteiger partial charge in [-0.05, 0) is 33.6 Å². The van der Waals surface area contributed by atoms with Crippen LogP contribution in [0.25, 0.3) is 0 Å². The molecule has 3 aliphatic heterocycles. The van der Waals surface area contributed by atoms with E-state index in [-0.39, 0.29) is 17.9 Å². The number of H-pyrrole nitrogens is 1. The van der Waals surface area contributed by atoms with E-state index in [2.05, 4.69) is 30.4 Å². The van der Waals surface area contributed by atoms with Gasteiger partial charge in [0.05, 0.1) is 30.6 Å². The highest BCUT2D eigenvalue weighted by Gasteiger charge is 2.45. The first-order chi connectivity index (χ1) is 16.9. The Bertz CT molecular complexity index is 1060. The van der Waals surface area contributed by atoms with Gasteiger partial charge in [0.2, 0.25) is 0 Å². The van der Waals surface area contributed by atoms with Crippen LogP contribution in [0.4, 0.5) is 20.8 Å². The van der Waals surface area contributed by atoms with E-state index < -0.39 is 11.4 Å². The number of nitrogens with zero attached hydrogens (tertiary/aromatic N) is 6. The van der Waals surface area contributed by atoms with E-state index in [1.165, 1.54) is 0 Å². The van der Waals surface area contributed by atoms with Gasteiger partial charge >= 0.3 is 12.0 Å². The molecule has 0 radical (unpaired) electrons. The molecule has 2 aromatic heterocycles. The van der Waals surface area contributed by atoms with Crippen molar-refractivity contribution in [2.24, 2.45) is 0 Å². The van der Waals surface area contributed by atoms with Gasteiger partial charge in [0.25, 0.3) is 0 Å². The summed E-state index contributed by atoms with van der Waals surface area (Å²) in [7, 11) is 0. The van der Waals surface area contributed by atoms with E-state index in [0.29, 0.717) is 38.1 Å². The van der Waals surface area contributed by atoms with Crippen molar-refractivity contribution in [3.63, 3.8) is 0 Å². The number of amides is 2. The van der Waals surface area contributed by atoms with Crippen LogP contribution in [0.2, 0.25) is 0 Å². The first-order valence-electron chi connectivity index (χ1n) is 12.3. The quantitative estimate of drug-likeness (QED) is 0.660. The molecule has 2 saturated heterocycles.